The molecule has 1 aromatic heterocycles. The molecule has 0 fully saturated rings. The van der Waals surface area contributed by atoms with Crippen molar-refractivity contribution in [3.8, 4) is 0 Å². The number of nitrogens with zero attached hydrogens (tertiary/aromatic N) is 2. The van der Waals surface area contributed by atoms with Gasteiger partial charge in [-0.05, 0) is 53.7 Å². The second-order valence-electron chi connectivity index (χ2n) is 3.98. The number of likely N-dealkylation sites (N-methyl/N-ethyl adjacent to an activating group) is 1. The number of rotatable bonds is 5. The minimum atomic E-state index is 0.850. The first-order chi connectivity index (χ1) is 8.29. The van der Waals surface area contributed by atoms with Crippen LogP contribution in [0.25, 0.3) is 0 Å². The third-order valence-corrected chi connectivity index (χ3v) is 3.25. The summed E-state index contributed by atoms with van der Waals surface area (Å²) in [5.41, 5.74) is 2.75. The monoisotopic (exact) mass is 341 g/mol. The molecule has 1 aromatic carbocycles. The third kappa shape index (κ3) is 3.54. The molecule has 1 heterocycles. The average molecular weight is 341 g/mol. The number of benzene rings is 1. The minimum Gasteiger partial charge on any atom is -0.319 e. The number of hydrogen-bond donors (Lipinski definition) is 1. The summed E-state index contributed by atoms with van der Waals surface area (Å²) in [6.07, 6.45) is 5.01. The Morgan fingerprint density at radius 2 is 2.06 bits per heavy atom. The highest BCUT2D eigenvalue weighted by Crippen LogP contribution is 2.12. The Morgan fingerprint density at radius 3 is 2.71 bits per heavy atom. The van der Waals surface area contributed by atoms with E-state index in [2.05, 4.69) is 63.5 Å². The van der Waals surface area contributed by atoms with E-state index >= 15 is 0 Å². The highest BCUT2D eigenvalue weighted by atomic mass is 127. The van der Waals surface area contributed by atoms with Gasteiger partial charge < -0.3 is 5.32 Å². The predicted molar refractivity (Wildman–Crippen MR) is 78.1 cm³/mol. The van der Waals surface area contributed by atoms with Gasteiger partial charge in [0.1, 0.15) is 0 Å². The topological polar surface area (TPSA) is 29.9 Å². The van der Waals surface area contributed by atoms with E-state index in [0.717, 1.165) is 19.5 Å². The summed E-state index contributed by atoms with van der Waals surface area (Å²) in [5.74, 6) is 0. The van der Waals surface area contributed by atoms with Crippen molar-refractivity contribution in [2.45, 2.75) is 13.0 Å². The summed E-state index contributed by atoms with van der Waals surface area (Å²) in [5, 5.41) is 7.51. The van der Waals surface area contributed by atoms with E-state index in [-0.39, 0.29) is 0 Å². The molecule has 2 aromatic rings. The first-order valence-electron chi connectivity index (χ1n) is 5.69. The van der Waals surface area contributed by atoms with Crippen molar-refractivity contribution in [1.82, 2.24) is 15.1 Å². The first kappa shape index (κ1) is 12.6. The molecule has 0 aliphatic heterocycles. The average Bonchev–Trinajstić information content (AvgIpc) is 2.74. The normalized spacial score (nSPS) is 10.7. The van der Waals surface area contributed by atoms with E-state index in [0.29, 0.717) is 0 Å². The fraction of sp³-hybridized carbons (Fsp3) is 0.308. The van der Waals surface area contributed by atoms with Crippen molar-refractivity contribution in [3.05, 3.63) is 51.4 Å². The summed E-state index contributed by atoms with van der Waals surface area (Å²) < 4.78 is 3.16. The summed E-state index contributed by atoms with van der Waals surface area (Å²) in [4.78, 5) is 0. The molecular weight excluding hydrogens is 325 g/mol. The summed E-state index contributed by atoms with van der Waals surface area (Å²) in [6.45, 7) is 1.86. The predicted octanol–water partition coefficient (Wildman–Crippen LogP) is 2.30. The molecule has 0 bridgehead atoms. The highest BCUT2D eigenvalue weighted by molar-refractivity contribution is 14.1. The molecule has 0 atom stereocenters. The summed E-state index contributed by atoms with van der Waals surface area (Å²) in [7, 11) is 1.98. The Balaban J connectivity index is 2.14. The summed E-state index contributed by atoms with van der Waals surface area (Å²) in [6, 6.07) is 8.56. The Hall–Kier alpha value is -0.880. The molecule has 3 nitrogen and oxygen atoms in total. The zero-order chi connectivity index (χ0) is 12.1. The molecule has 0 aliphatic rings. The van der Waals surface area contributed by atoms with Crippen molar-refractivity contribution in [2.75, 3.05) is 13.6 Å². The van der Waals surface area contributed by atoms with E-state index < -0.39 is 0 Å². The zero-order valence-corrected chi connectivity index (χ0v) is 12.0. The fourth-order valence-corrected chi connectivity index (χ4v) is 2.26. The molecular formula is C13H16IN3. The highest BCUT2D eigenvalue weighted by Gasteiger charge is 2.03. The van der Waals surface area contributed by atoms with E-state index in [1.165, 1.54) is 14.7 Å². The van der Waals surface area contributed by atoms with Gasteiger partial charge >= 0.3 is 0 Å². The van der Waals surface area contributed by atoms with Gasteiger partial charge in [-0.25, -0.2) is 0 Å². The molecule has 1 N–H and O–H groups in total. The van der Waals surface area contributed by atoms with Gasteiger partial charge in [-0.2, -0.15) is 5.10 Å². The van der Waals surface area contributed by atoms with Gasteiger partial charge in [0.15, 0.2) is 0 Å². The quantitative estimate of drug-likeness (QED) is 0.846. The smallest absolute Gasteiger partial charge is 0.0662 e. The van der Waals surface area contributed by atoms with Gasteiger partial charge in [0, 0.05) is 6.20 Å². The Kier molecular flexibility index (Phi) is 4.56. The molecule has 0 radical (unpaired) electrons. The van der Waals surface area contributed by atoms with Crippen molar-refractivity contribution in [2.24, 2.45) is 0 Å². The SMILES string of the molecule is CNCCc1ccccc1Cn1cc(I)cn1. The van der Waals surface area contributed by atoms with E-state index in [4.69, 9.17) is 0 Å². The first-order valence-corrected chi connectivity index (χ1v) is 6.77. The molecule has 0 saturated heterocycles. The minimum absolute atomic E-state index is 0.850. The third-order valence-electron chi connectivity index (χ3n) is 2.70. The molecule has 17 heavy (non-hydrogen) atoms. The van der Waals surface area contributed by atoms with Crippen LogP contribution in [-0.4, -0.2) is 23.4 Å². The lowest BCUT2D eigenvalue weighted by atomic mass is 10.0. The van der Waals surface area contributed by atoms with Gasteiger partial charge in [-0.1, -0.05) is 24.3 Å². The van der Waals surface area contributed by atoms with Gasteiger partial charge in [0.25, 0.3) is 0 Å². The molecule has 4 heteroatoms. The molecule has 0 saturated carbocycles. The molecule has 0 aliphatic carbocycles. The number of nitrogens with one attached hydrogen (secondary N) is 1. The number of halogens is 1. The van der Waals surface area contributed by atoms with Crippen LogP contribution in [0.3, 0.4) is 0 Å². The van der Waals surface area contributed by atoms with Crippen LogP contribution in [-0.2, 0) is 13.0 Å². The van der Waals surface area contributed by atoms with Crippen LogP contribution in [0.1, 0.15) is 11.1 Å². The molecule has 90 valence electrons. The van der Waals surface area contributed by atoms with Crippen LogP contribution in [0.4, 0.5) is 0 Å². The van der Waals surface area contributed by atoms with Crippen LogP contribution in [0.2, 0.25) is 0 Å². The molecule has 2 rings (SSSR count). The van der Waals surface area contributed by atoms with E-state index in [9.17, 15) is 0 Å². The maximum absolute atomic E-state index is 4.33. The lowest BCUT2D eigenvalue weighted by Crippen LogP contribution is -2.12. The maximum Gasteiger partial charge on any atom is 0.0662 e. The second-order valence-corrected chi connectivity index (χ2v) is 5.22. The van der Waals surface area contributed by atoms with Crippen LogP contribution in [0.5, 0.6) is 0 Å². The van der Waals surface area contributed by atoms with Crippen LogP contribution >= 0.6 is 22.6 Å². The fourth-order valence-electron chi connectivity index (χ4n) is 1.81. The molecule has 0 spiro atoms. The lowest BCUT2D eigenvalue weighted by Gasteiger charge is -2.09. The Morgan fingerprint density at radius 1 is 1.29 bits per heavy atom. The zero-order valence-electron chi connectivity index (χ0n) is 9.86. The van der Waals surface area contributed by atoms with Crippen LogP contribution in [0.15, 0.2) is 36.7 Å². The Labute approximate surface area is 115 Å². The maximum atomic E-state index is 4.33. The molecule has 0 amide bonds. The van der Waals surface area contributed by atoms with Crippen molar-refractivity contribution in [3.63, 3.8) is 0 Å². The van der Waals surface area contributed by atoms with Crippen molar-refractivity contribution >= 4 is 22.6 Å². The van der Waals surface area contributed by atoms with E-state index in [1.54, 1.807) is 0 Å². The second kappa shape index (κ2) is 6.16. The van der Waals surface area contributed by atoms with Gasteiger partial charge in [0.05, 0.1) is 16.3 Å². The van der Waals surface area contributed by atoms with Crippen LogP contribution < -0.4 is 5.32 Å². The van der Waals surface area contributed by atoms with Gasteiger partial charge in [0.2, 0.25) is 0 Å². The van der Waals surface area contributed by atoms with Crippen LogP contribution in [0, 0.1) is 3.57 Å². The van der Waals surface area contributed by atoms with E-state index in [1.807, 2.05) is 17.9 Å². The number of aromatic nitrogens is 2. The van der Waals surface area contributed by atoms with Gasteiger partial charge in [-0.3, -0.25) is 4.68 Å². The van der Waals surface area contributed by atoms with Crippen molar-refractivity contribution < 1.29 is 0 Å². The Bertz CT molecular complexity index is 479. The molecule has 0 unspecified atom stereocenters. The standard InChI is InChI=1S/C13H16IN3/c1-15-7-6-11-4-2-3-5-12(11)9-17-10-13(14)8-16-17/h2-5,8,10,15H,6-7,9H2,1H3. The largest absolute Gasteiger partial charge is 0.319 e. The summed E-state index contributed by atoms with van der Waals surface area (Å²) >= 11 is 2.28. The number of hydrogen-bond acceptors (Lipinski definition) is 2. The van der Waals surface area contributed by atoms with Gasteiger partial charge in [-0.15, -0.1) is 0 Å². The lowest BCUT2D eigenvalue weighted by molar-refractivity contribution is 0.677. The van der Waals surface area contributed by atoms with Crippen molar-refractivity contribution in [1.29, 1.82) is 0 Å².